The second kappa shape index (κ2) is 6.59. The molecule has 1 atom stereocenters. The molecule has 1 N–H and O–H groups in total. The van der Waals surface area contributed by atoms with Gasteiger partial charge in [0.25, 0.3) is 0 Å². The van der Waals surface area contributed by atoms with Crippen molar-refractivity contribution in [2.45, 2.75) is 43.6 Å². The average molecular weight is 286 g/mol. The van der Waals surface area contributed by atoms with Gasteiger partial charge < -0.3 is 14.7 Å². The van der Waals surface area contributed by atoms with Gasteiger partial charge in [0.05, 0.1) is 18.2 Å². The van der Waals surface area contributed by atoms with Gasteiger partial charge in [0.2, 0.25) is 0 Å². The van der Waals surface area contributed by atoms with Crippen LogP contribution in [0.2, 0.25) is 0 Å². The van der Waals surface area contributed by atoms with Crippen molar-refractivity contribution in [2.24, 2.45) is 0 Å². The number of aliphatic hydroxyl groups is 1. The summed E-state index contributed by atoms with van der Waals surface area (Å²) in [4.78, 5) is 0.508. The molecule has 1 saturated carbocycles. The molecule has 0 heterocycles. The van der Waals surface area contributed by atoms with Crippen molar-refractivity contribution in [3.8, 4) is 5.75 Å². The second-order valence-electron chi connectivity index (χ2n) is 5.23. The van der Waals surface area contributed by atoms with Crippen LogP contribution in [0, 0.1) is 0 Å². The molecule has 1 fully saturated rings. The maximum atomic E-state index is 11.4. The van der Waals surface area contributed by atoms with E-state index in [4.69, 9.17) is 17.1 Å². The molecule has 1 aromatic carbocycles. The maximum Gasteiger partial charge on any atom is 0.118 e. The van der Waals surface area contributed by atoms with E-state index in [9.17, 15) is 5.11 Å². The van der Waals surface area contributed by atoms with Gasteiger partial charge in [-0.3, -0.25) is 0 Å². The molecule has 0 radical (unpaired) electrons. The van der Waals surface area contributed by atoms with Crippen molar-refractivity contribution in [1.82, 2.24) is 4.90 Å². The van der Waals surface area contributed by atoms with Gasteiger partial charge in [-0.25, -0.2) is 0 Å². The highest BCUT2D eigenvalue weighted by molar-refractivity contribution is 5.31. The quantitative estimate of drug-likeness (QED) is 0.903. The molecular weight excluding hydrogens is 250 g/mol. The Morgan fingerprint density at radius 3 is 2.60 bits per heavy atom. The summed E-state index contributed by atoms with van der Waals surface area (Å²) in [7, 11) is 2.27. The number of benzene rings is 1. The van der Waals surface area contributed by atoms with Gasteiger partial charge >= 0.3 is 0 Å². The molecule has 112 valence electrons. The van der Waals surface area contributed by atoms with Crippen LogP contribution in [0.25, 0.3) is 0 Å². The monoisotopic (exact) mass is 286 g/mol. The topological polar surface area (TPSA) is 32.7 Å². The van der Waals surface area contributed by atoms with Crippen LogP contribution in [-0.4, -0.2) is 43.2 Å². The average Bonchev–Trinajstić information content (AvgIpc) is 2.63. The Morgan fingerprint density at radius 2 is 2.05 bits per heavy atom. The molecule has 20 heavy (non-hydrogen) atoms. The fraction of sp³-hybridized carbons (Fsp3) is 0.647. The summed E-state index contributed by atoms with van der Waals surface area (Å²) in [6, 6.07) is -2.09. The van der Waals surface area contributed by atoms with Crippen molar-refractivity contribution >= 4 is 0 Å². The molecule has 3 nitrogen and oxygen atoms in total. The first-order valence-corrected chi connectivity index (χ1v) is 6.80. The molecule has 1 aliphatic carbocycles. The molecule has 2 rings (SSSR count). The van der Waals surface area contributed by atoms with Crippen molar-refractivity contribution in [1.29, 1.82) is 0 Å². The summed E-state index contributed by atoms with van der Waals surface area (Å²) in [6.07, 6.45) is 2.32. The predicted molar refractivity (Wildman–Crippen MR) is 82.3 cm³/mol. The highest BCUT2D eigenvalue weighted by Crippen LogP contribution is 2.40. The summed E-state index contributed by atoms with van der Waals surface area (Å²) in [5.74, 6) is -1.90. The van der Waals surface area contributed by atoms with Crippen LogP contribution in [0.5, 0.6) is 5.75 Å². The van der Waals surface area contributed by atoms with Gasteiger partial charge in [0, 0.05) is 19.3 Å². The Bertz CT molecular complexity index is 731. The first kappa shape index (κ1) is 7.28. The van der Waals surface area contributed by atoms with Crippen LogP contribution in [0.3, 0.4) is 0 Å². The number of ether oxygens (including phenoxy) is 1. The van der Waals surface area contributed by atoms with E-state index in [1.807, 2.05) is 0 Å². The van der Waals surface area contributed by atoms with Crippen molar-refractivity contribution in [2.75, 3.05) is 27.6 Å². The molecule has 1 aliphatic rings. The molecule has 0 aromatic heterocycles. The summed E-state index contributed by atoms with van der Waals surface area (Å²) in [6.45, 7) is -5.52. The van der Waals surface area contributed by atoms with E-state index in [-0.39, 0.29) is 24.2 Å². The van der Waals surface area contributed by atoms with Crippen LogP contribution in [-0.2, 0) is 0 Å². The molecule has 0 amide bonds. The van der Waals surface area contributed by atoms with Crippen molar-refractivity contribution in [3.63, 3.8) is 0 Å². The van der Waals surface area contributed by atoms with Crippen LogP contribution in [0.1, 0.15) is 55.9 Å². The third-order valence-corrected chi connectivity index (χ3v) is 3.69. The first-order chi connectivity index (χ1) is 13.2. The molecule has 0 unspecified atom stereocenters. The lowest BCUT2D eigenvalue weighted by atomic mass is 9.72. The number of hydrogen-bond acceptors (Lipinski definition) is 3. The zero-order chi connectivity index (χ0) is 22.4. The predicted octanol–water partition coefficient (Wildman–Crippen LogP) is 3.04. The van der Waals surface area contributed by atoms with E-state index < -0.39 is 49.2 Å². The minimum Gasteiger partial charge on any atom is -0.497 e. The lowest BCUT2D eigenvalue weighted by molar-refractivity contribution is -0.0277. The van der Waals surface area contributed by atoms with Gasteiger partial charge in [-0.2, -0.15) is 0 Å². The van der Waals surface area contributed by atoms with Crippen molar-refractivity contribution in [3.05, 3.63) is 29.7 Å². The van der Waals surface area contributed by atoms with E-state index in [0.717, 1.165) is 13.5 Å². The maximum absolute atomic E-state index is 11.4. The standard InChI is InChI=1S/C17H27NO2/c1-18(2)13-16(17(19)11-5-4-6-12-17)14-7-9-15(20-3)10-8-14/h7-10,16,19H,4-6,11-13H2,1-3H3/t16-/m1/s1/i1D3,7D,8D,9D,10D,13D2. The summed E-state index contributed by atoms with van der Waals surface area (Å²) in [5, 5.41) is 11.4. The molecule has 0 spiro atoms. The molecule has 0 bridgehead atoms. The number of nitrogens with zero attached hydrogens (tertiary/aromatic N) is 1. The highest BCUT2D eigenvalue weighted by Gasteiger charge is 2.38. The van der Waals surface area contributed by atoms with E-state index >= 15 is 0 Å². The zero-order valence-electron chi connectivity index (χ0n) is 20.9. The van der Waals surface area contributed by atoms with Gasteiger partial charge in [0.1, 0.15) is 5.75 Å². The van der Waals surface area contributed by atoms with Gasteiger partial charge in [-0.15, -0.1) is 0 Å². The van der Waals surface area contributed by atoms with Crippen LogP contribution in [0.4, 0.5) is 0 Å². The van der Waals surface area contributed by atoms with Crippen molar-refractivity contribution < 1.29 is 22.2 Å². The van der Waals surface area contributed by atoms with Crippen LogP contribution >= 0.6 is 0 Å². The van der Waals surface area contributed by atoms with E-state index in [1.54, 1.807) is 0 Å². The summed E-state index contributed by atoms with van der Waals surface area (Å²) < 4.78 is 78.1. The van der Waals surface area contributed by atoms with Crippen LogP contribution < -0.4 is 4.74 Å². The van der Waals surface area contributed by atoms with E-state index in [1.165, 1.54) is 7.11 Å². The number of methoxy groups -OCH3 is 1. The highest BCUT2D eigenvalue weighted by atomic mass is 16.5. The smallest absolute Gasteiger partial charge is 0.118 e. The molecule has 3 heteroatoms. The van der Waals surface area contributed by atoms with Crippen LogP contribution in [0.15, 0.2) is 24.2 Å². The Labute approximate surface area is 135 Å². The number of likely N-dealkylation sites (N-methyl/N-ethyl adjacent to an activating group) is 1. The Kier molecular flexibility index (Phi) is 2.40. The summed E-state index contributed by atoms with van der Waals surface area (Å²) >= 11 is 0. The minimum absolute atomic E-state index is 0.164. The third-order valence-electron chi connectivity index (χ3n) is 3.69. The molecular formula is C17H27NO2. The third kappa shape index (κ3) is 3.53. The zero-order valence-corrected chi connectivity index (χ0v) is 11.9. The SMILES string of the molecule is [2H]c1c([2H])c([C@H](C2(O)CCCCC2)C([2H])([2H])N(C)C([2H])([2H])[2H])c([2H])c([2H])c1OC. The lowest BCUT2D eigenvalue weighted by Crippen LogP contribution is -2.42. The lowest BCUT2D eigenvalue weighted by Gasteiger charge is -2.40. The number of rotatable bonds is 5. The fourth-order valence-corrected chi connectivity index (χ4v) is 2.66. The molecule has 1 aromatic rings. The van der Waals surface area contributed by atoms with Gasteiger partial charge in [-0.05, 0) is 44.5 Å². The fourth-order valence-electron chi connectivity index (χ4n) is 2.66. The molecule has 0 aliphatic heterocycles. The van der Waals surface area contributed by atoms with E-state index in [2.05, 4.69) is 0 Å². The van der Waals surface area contributed by atoms with Gasteiger partial charge in [0.15, 0.2) is 0 Å². The Morgan fingerprint density at radius 1 is 1.40 bits per heavy atom. The van der Waals surface area contributed by atoms with E-state index in [0.29, 0.717) is 17.7 Å². The Hall–Kier alpha value is -1.06. The molecule has 0 saturated heterocycles. The number of hydrogen-bond donors (Lipinski definition) is 1. The van der Waals surface area contributed by atoms with Gasteiger partial charge in [-0.1, -0.05) is 31.3 Å². The minimum atomic E-state index is -2.84. The Balaban J connectivity index is 2.83. The normalized spacial score (nSPS) is 27.7. The second-order valence-corrected chi connectivity index (χ2v) is 5.23. The largest absolute Gasteiger partial charge is 0.497 e. The first-order valence-electron chi connectivity index (χ1n) is 11.3. The summed E-state index contributed by atoms with van der Waals surface area (Å²) in [5.41, 5.74) is -2.06.